The maximum absolute atomic E-state index is 12.0. The lowest BCUT2D eigenvalue weighted by Gasteiger charge is -2.08. The molecule has 8 heteroatoms. The van der Waals surface area contributed by atoms with Gasteiger partial charge in [-0.05, 0) is 25.5 Å². The van der Waals surface area contributed by atoms with Crippen LogP contribution in [0.1, 0.15) is 32.1 Å². The maximum Gasteiger partial charge on any atom is 0.224 e. The molecule has 5 nitrogen and oxygen atoms in total. The monoisotopic (exact) mass is 346 g/mol. The molecule has 0 unspecified atom stereocenters. The van der Waals surface area contributed by atoms with E-state index >= 15 is 0 Å². The Morgan fingerprint density at radius 2 is 1.86 bits per heavy atom. The second kappa shape index (κ2) is 7.89. The average Bonchev–Trinajstić information content (AvgIpc) is 2.93. The number of anilines is 1. The lowest BCUT2D eigenvalue weighted by Crippen LogP contribution is -2.12. The van der Waals surface area contributed by atoms with Crippen molar-refractivity contribution in [2.45, 2.75) is 32.1 Å². The fraction of sp³-hybridized carbons (Fsp3) is 0.462. The van der Waals surface area contributed by atoms with E-state index in [1.807, 2.05) is 0 Å². The zero-order chi connectivity index (χ0) is 15.2. The number of benzene rings is 1. The largest absolute Gasteiger partial charge is 0.330 e. The number of halogens is 2. The van der Waals surface area contributed by atoms with Crippen molar-refractivity contribution in [2.24, 2.45) is 5.73 Å². The molecule has 0 radical (unpaired) electrons. The third kappa shape index (κ3) is 4.26. The van der Waals surface area contributed by atoms with Crippen molar-refractivity contribution in [1.29, 1.82) is 0 Å². The summed E-state index contributed by atoms with van der Waals surface area (Å²) in [6.07, 6.45) is 4.31. The highest BCUT2D eigenvalue weighted by Crippen LogP contribution is 2.35. The van der Waals surface area contributed by atoms with Crippen molar-refractivity contribution in [3.8, 4) is 0 Å². The number of nitrogens with two attached hydrogens (primary N) is 1. The molecule has 1 amide bonds. The Bertz CT molecular complexity index is 632. The first-order valence-electron chi connectivity index (χ1n) is 6.73. The standard InChI is InChI=1S/C13H16Cl2N4OS/c14-8-7-9(15)12-13(19-21-18-12)11(8)17-10(20)5-3-1-2-4-6-16/h7H,1-6,16H2,(H,17,20). The summed E-state index contributed by atoms with van der Waals surface area (Å²) in [6.45, 7) is 0.696. The smallest absolute Gasteiger partial charge is 0.224 e. The van der Waals surface area contributed by atoms with E-state index in [0.29, 0.717) is 39.7 Å². The molecule has 1 aromatic heterocycles. The first-order chi connectivity index (χ1) is 10.1. The van der Waals surface area contributed by atoms with Gasteiger partial charge in [0.15, 0.2) is 0 Å². The molecule has 0 aliphatic heterocycles. The average molecular weight is 347 g/mol. The van der Waals surface area contributed by atoms with Gasteiger partial charge in [-0.2, -0.15) is 8.75 Å². The Hall–Kier alpha value is -0.950. The van der Waals surface area contributed by atoms with Crippen molar-refractivity contribution < 1.29 is 4.79 Å². The van der Waals surface area contributed by atoms with Crippen LogP contribution in [0.2, 0.25) is 10.0 Å². The Morgan fingerprint density at radius 1 is 1.14 bits per heavy atom. The number of amides is 1. The molecule has 2 rings (SSSR count). The minimum absolute atomic E-state index is 0.0822. The summed E-state index contributed by atoms with van der Waals surface area (Å²) in [5.41, 5.74) is 7.01. The molecule has 0 bridgehead atoms. The molecular weight excluding hydrogens is 331 g/mol. The van der Waals surface area contributed by atoms with Crippen molar-refractivity contribution in [2.75, 3.05) is 11.9 Å². The Labute approximate surface area is 137 Å². The Kier molecular flexibility index (Phi) is 6.17. The van der Waals surface area contributed by atoms with Gasteiger partial charge in [0.05, 0.1) is 27.5 Å². The summed E-state index contributed by atoms with van der Waals surface area (Å²) >= 11 is 13.2. The van der Waals surface area contributed by atoms with Gasteiger partial charge >= 0.3 is 0 Å². The minimum Gasteiger partial charge on any atom is -0.330 e. The third-order valence-corrected chi connectivity index (χ3v) is 4.18. The minimum atomic E-state index is -0.0822. The number of carbonyl (C=O) groups is 1. The van der Waals surface area contributed by atoms with E-state index in [9.17, 15) is 4.79 Å². The molecule has 0 atom stereocenters. The van der Waals surface area contributed by atoms with E-state index in [-0.39, 0.29) is 5.91 Å². The van der Waals surface area contributed by atoms with Crippen LogP contribution in [0.25, 0.3) is 11.0 Å². The molecule has 3 N–H and O–H groups in total. The SMILES string of the molecule is NCCCCCCC(=O)Nc1c(Cl)cc(Cl)c2nsnc12. The summed E-state index contributed by atoms with van der Waals surface area (Å²) in [6, 6.07) is 1.57. The van der Waals surface area contributed by atoms with Gasteiger partial charge < -0.3 is 11.1 Å². The number of fused-ring (bicyclic) bond motifs is 1. The quantitative estimate of drug-likeness (QED) is 0.746. The number of hydrogen-bond acceptors (Lipinski definition) is 5. The van der Waals surface area contributed by atoms with Gasteiger partial charge in [0.2, 0.25) is 5.91 Å². The number of unbranched alkanes of at least 4 members (excludes halogenated alkanes) is 3. The molecule has 1 heterocycles. The fourth-order valence-electron chi connectivity index (χ4n) is 1.98. The highest BCUT2D eigenvalue weighted by molar-refractivity contribution is 7.00. The van der Waals surface area contributed by atoms with E-state index in [1.54, 1.807) is 6.07 Å². The molecular formula is C13H16Cl2N4OS. The summed E-state index contributed by atoms with van der Waals surface area (Å²) in [5, 5.41) is 3.61. The van der Waals surface area contributed by atoms with E-state index < -0.39 is 0 Å². The van der Waals surface area contributed by atoms with Crippen molar-refractivity contribution in [3.63, 3.8) is 0 Å². The molecule has 0 aliphatic rings. The maximum atomic E-state index is 12.0. The van der Waals surface area contributed by atoms with Gasteiger partial charge in [0.25, 0.3) is 0 Å². The summed E-state index contributed by atoms with van der Waals surface area (Å²) in [7, 11) is 0. The van der Waals surface area contributed by atoms with Gasteiger partial charge in [-0.15, -0.1) is 0 Å². The predicted molar refractivity (Wildman–Crippen MR) is 88.2 cm³/mol. The van der Waals surface area contributed by atoms with Gasteiger partial charge in [-0.25, -0.2) is 0 Å². The van der Waals surface area contributed by atoms with E-state index in [2.05, 4.69) is 14.1 Å². The van der Waals surface area contributed by atoms with Crippen LogP contribution in [0.5, 0.6) is 0 Å². The first kappa shape index (κ1) is 16.4. The number of rotatable bonds is 7. The number of nitrogens with one attached hydrogen (secondary N) is 1. The lowest BCUT2D eigenvalue weighted by molar-refractivity contribution is -0.116. The number of carbonyl (C=O) groups excluding carboxylic acids is 1. The Balaban J connectivity index is 1.99. The molecule has 0 fully saturated rings. The second-order valence-electron chi connectivity index (χ2n) is 4.68. The zero-order valence-electron chi connectivity index (χ0n) is 11.4. The van der Waals surface area contributed by atoms with Crippen LogP contribution in [0.4, 0.5) is 5.69 Å². The van der Waals surface area contributed by atoms with E-state index in [4.69, 9.17) is 28.9 Å². The normalized spacial score (nSPS) is 11.0. The third-order valence-electron chi connectivity index (χ3n) is 3.07. The second-order valence-corrected chi connectivity index (χ2v) is 6.02. The van der Waals surface area contributed by atoms with Gasteiger partial charge in [-0.3, -0.25) is 4.79 Å². The summed E-state index contributed by atoms with van der Waals surface area (Å²) < 4.78 is 8.25. The summed E-state index contributed by atoms with van der Waals surface area (Å²) in [4.78, 5) is 12.0. The van der Waals surface area contributed by atoms with Crippen LogP contribution >= 0.6 is 34.9 Å². The molecule has 0 saturated carbocycles. The molecule has 0 spiro atoms. The number of hydrogen-bond donors (Lipinski definition) is 2. The fourth-order valence-corrected chi connectivity index (χ4v) is 3.14. The highest BCUT2D eigenvalue weighted by Gasteiger charge is 2.15. The number of aromatic nitrogens is 2. The molecule has 2 aromatic rings. The topological polar surface area (TPSA) is 80.9 Å². The highest BCUT2D eigenvalue weighted by atomic mass is 35.5. The van der Waals surface area contributed by atoms with Crippen LogP contribution in [0.15, 0.2) is 6.07 Å². The number of nitrogens with zero attached hydrogens (tertiary/aromatic N) is 2. The van der Waals surface area contributed by atoms with Crippen LogP contribution in [-0.2, 0) is 4.79 Å². The summed E-state index contributed by atoms with van der Waals surface area (Å²) in [5.74, 6) is -0.0822. The molecule has 114 valence electrons. The van der Waals surface area contributed by atoms with Crippen molar-refractivity contribution >= 4 is 57.6 Å². The van der Waals surface area contributed by atoms with Crippen molar-refractivity contribution in [1.82, 2.24) is 8.75 Å². The van der Waals surface area contributed by atoms with Crippen molar-refractivity contribution in [3.05, 3.63) is 16.1 Å². The molecule has 1 aromatic carbocycles. The Morgan fingerprint density at radius 3 is 2.62 bits per heavy atom. The first-order valence-corrected chi connectivity index (χ1v) is 8.22. The van der Waals surface area contributed by atoms with E-state index in [0.717, 1.165) is 37.4 Å². The van der Waals surface area contributed by atoms with E-state index in [1.165, 1.54) is 0 Å². The van der Waals surface area contributed by atoms with Crippen LogP contribution in [0.3, 0.4) is 0 Å². The lowest BCUT2D eigenvalue weighted by atomic mass is 10.1. The molecule has 0 aliphatic carbocycles. The van der Waals surface area contributed by atoms with Gasteiger partial charge in [-0.1, -0.05) is 36.0 Å². The predicted octanol–water partition coefficient (Wildman–Crippen LogP) is 3.85. The molecule has 0 saturated heterocycles. The van der Waals surface area contributed by atoms with Gasteiger partial charge in [0.1, 0.15) is 11.0 Å². The molecule has 21 heavy (non-hydrogen) atoms. The van der Waals surface area contributed by atoms with Gasteiger partial charge in [0, 0.05) is 6.42 Å². The van der Waals surface area contributed by atoms with Crippen LogP contribution in [0, 0.1) is 0 Å². The van der Waals surface area contributed by atoms with Crippen LogP contribution < -0.4 is 11.1 Å². The zero-order valence-corrected chi connectivity index (χ0v) is 13.7. The van der Waals surface area contributed by atoms with Crippen LogP contribution in [-0.4, -0.2) is 21.2 Å².